The number of benzene rings is 1. The summed E-state index contributed by atoms with van der Waals surface area (Å²) in [5, 5.41) is 18.0. The first-order valence-electron chi connectivity index (χ1n) is 6.96. The number of hydrogen-bond acceptors (Lipinski definition) is 6. The van der Waals surface area contributed by atoms with Gasteiger partial charge in [-0.15, -0.1) is 24.8 Å². The summed E-state index contributed by atoms with van der Waals surface area (Å²) < 4.78 is 5.62. The van der Waals surface area contributed by atoms with Crippen LogP contribution < -0.4 is 15.4 Å². The number of halogens is 2. The van der Waals surface area contributed by atoms with E-state index in [4.69, 9.17) is 20.7 Å². The molecule has 0 amide bonds. The van der Waals surface area contributed by atoms with Crippen LogP contribution in [0.2, 0.25) is 0 Å². The fraction of sp³-hybridized carbons (Fsp3) is 0.571. The zero-order chi connectivity index (χ0) is 14.4. The topological polar surface area (TPSA) is 82.2 Å². The van der Waals surface area contributed by atoms with E-state index < -0.39 is 0 Å². The monoisotopic (exact) mass is 353 g/mol. The van der Waals surface area contributed by atoms with Crippen molar-refractivity contribution in [3.05, 3.63) is 18.2 Å². The molecule has 0 saturated heterocycles. The van der Waals surface area contributed by atoms with Crippen LogP contribution in [-0.2, 0) is 0 Å². The lowest BCUT2D eigenvalue weighted by molar-refractivity contribution is 0.162. The Bertz CT molecular complexity index is 432. The van der Waals surface area contributed by atoms with Crippen LogP contribution in [0.4, 0.5) is 11.4 Å². The molecule has 0 fully saturated rings. The van der Waals surface area contributed by atoms with Crippen molar-refractivity contribution in [1.82, 2.24) is 4.90 Å². The molecule has 1 heterocycles. The standard InChI is InChI=1S/C14H23N3O3.2ClH/c15-12-1-2-13-14(11-12)20-10-7-17(13)4-3-16(5-8-18)6-9-19;;/h1-2,11,18-19H,3-10,15H2;2*1H. The molecular weight excluding hydrogens is 329 g/mol. The van der Waals surface area contributed by atoms with Gasteiger partial charge in [-0.25, -0.2) is 0 Å². The lowest BCUT2D eigenvalue weighted by atomic mass is 10.2. The summed E-state index contributed by atoms with van der Waals surface area (Å²) in [4.78, 5) is 4.30. The maximum atomic E-state index is 9.02. The van der Waals surface area contributed by atoms with Crippen molar-refractivity contribution in [2.75, 3.05) is 63.2 Å². The predicted octanol–water partition coefficient (Wildman–Crippen LogP) is 0.598. The molecule has 0 radical (unpaired) electrons. The Morgan fingerprint density at radius 2 is 1.82 bits per heavy atom. The molecule has 2 rings (SSSR count). The Balaban J connectivity index is 0.00000220. The molecule has 4 N–H and O–H groups in total. The van der Waals surface area contributed by atoms with Crippen LogP contribution in [0.5, 0.6) is 5.75 Å². The minimum Gasteiger partial charge on any atom is -0.489 e. The van der Waals surface area contributed by atoms with Crippen LogP contribution in [0.1, 0.15) is 0 Å². The summed E-state index contributed by atoms with van der Waals surface area (Å²) in [5.74, 6) is 0.826. The molecule has 0 bridgehead atoms. The van der Waals surface area contributed by atoms with Crippen molar-refractivity contribution in [2.45, 2.75) is 0 Å². The lowest BCUT2D eigenvalue weighted by Gasteiger charge is -2.33. The van der Waals surface area contributed by atoms with Gasteiger partial charge in [0.1, 0.15) is 12.4 Å². The van der Waals surface area contributed by atoms with E-state index in [9.17, 15) is 0 Å². The SMILES string of the molecule is Cl.Cl.Nc1ccc2c(c1)OCCN2CCN(CCO)CCO. The average molecular weight is 354 g/mol. The fourth-order valence-electron chi connectivity index (χ4n) is 2.41. The van der Waals surface area contributed by atoms with Gasteiger partial charge in [0.2, 0.25) is 0 Å². The minimum absolute atomic E-state index is 0. The number of fused-ring (bicyclic) bond motifs is 1. The van der Waals surface area contributed by atoms with Crippen LogP contribution >= 0.6 is 24.8 Å². The number of hydrogen-bond donors (Lipinski definition) is 3. The Morgan fingerprint density at radius 1 is 1.14 bits per heavy atom. The second-order valence-electron chi connectivity index (χ2n) is 4.85. The first-order chi connectivity index (χ1) is 9.74. The van der Waals surface area contributed by atoms with Gasteiger partial charge in [-0.2, -0.15) is 0 Å². The van der Waals surface area contributed by atoms with Crippen LogP contribution in [-0.4, -0.2) is 67.7 Å². The smallest absolute Gasteiger partial charge is 0.144 e. The van der Waals surface area contributed by atoms with Gasteiger partial charge in [-0.05, 0) is 12.1 Å². The van der Waals surface area contributed by atoms with Crippen molar-refractivity contribution in [3.63, 3.8) is 0 Å². The van der Waals surface area contributed by atoms with Crippen molar-refractivity contribution >= 4 is 36.2 Å². The summed E-state index contributed by atoms with van der Waals surface area (Å²) in [6.07, 6.45) is 0. The van der Waals surface area contributed by atoms with Crippen LogP contribution in [0.25, 0.3) is 0 Å². The quantitative estimate of drug-likeness (QED) is 0.622. The van der Waals surface area contributed by atoms with E-state index in [1.54, 1.807) is 0 Å². The van der Waals surface area contributed by atoms with Crippen LogP contribution in [0, 0.1) is 0 Å². The van der Waals surface area contributed by atoms with Crippen LogP contribution in [0.3, 0.4) is 0 Å². The Labute approximate surface area is 143 Å². The molecule has 0 atom stereocenters. The maximum Gasteiger partial charge on any atom is 0.144 e. The number of aliphatic hydroxyl groups excluding tert-OH is 2. The van der Waals surface area contributed by atoms with E-state index in [1.807, 2.05) is 23.1 Å². The molecule has 1 aliphatic rings. The third-order valence-electron chi connectivity index (χ3n) is 3.46. The van der Waals surface area contributed by atoms with E-state index in [0.29, 0.717) is 25.4 Å². The van der Waals surface area contributed by atoms with E-state index >= 15 is 0 Å². The minimum atomic E-state index is 0. The second-order valence-corrected chi connectivity index (χ2v) is 4.85. The Morgan fingerprint density at radius 3 is 2.45 bits per heavy atom. The first-order valence-corrected chi connectivity index (χ1v) is 6.96. The van der Waals surface area contributed by atoms with Gasteiger partial charge in [0.15, 0.2) is 0 Å². The summed E-state index contributed by atoms with van der Waals surface area (Å²) in [7, 11) is 0. The van der Waals surface area contributed by atoms with Gasteiger partial charge in [0, 0.05) is 37.9 Å². The number of rotatable bonds is 7. The molecule has 0 aromatic heterocycles. The van der Waals surface area contributed by atoms with E-state index in [-0.39, 0.29) is 38.0 Å². The number of anilines is 2. The van der Waals surface area contributed by atoms with Gasteiger partial charge in [0.05, 0.1) is 25.4 Å². The summed E-state index contributed by atoms with van der Waals surface area (Å²) in [5.41, 5.74) is 7.52. The van der Waals surface area contributed by atoms with E-state index in [2.05, 4.69) is 4.90 Å². The van der Waals surface area contributed by atoms with Gasteiger partial charge >= 0.3 is 0 Å². The maximum absolute atomic E-state index is 9.02. The average Bonchev–Trinajstić information content (AvgIpc) is 2.44. The molecule has 8 heteroatoms. The van der Waals surface area contributed by atoms with Crippen molar-refractivity contribution in [2.24, 2.45) is 0 Å². The van der Waals surface area contributed by atoms with E-state index in [0.717, 1.165) is 31.1 Å². The van der Waals surface area contributed by atoms with Gasteiger partial charge in [-0.1, -0.05) is 0 Å². The molecular formula is C14H25Cl2N3O3. The molecule has 1 aliphatic heterocycles. The van der Waals surface area contributed by atoms with Crippen LogP contribution in [0.15, 0.2) is 18.2 Å². The third kappa shape index (κ3) is 5.70. The number of nitrogen functional groups attached to an aromatic ring is 1. The largest absolute Gasteiger partial charge is 0.489 e. The predicted molar refractivity (Wildman–Crippen MR) is 93.7 cm³/mol. The summed E-state index contributed by atoms with van der Waals surface area (Å²) in [6, 6.07) is 5.70. The lowest BCUT2D eigenvalue weighted by Crippen LogP contribution is -2.41. The highest BCUT2D eigenvalue weighted by molar-refractivity contribution is 5.85. The molecule has 22 heavy (non-hydrogen) atoms. The second kappa shape index (κ2) is 10.7. The summed E-state index contributed by atoms with van der Waals surface area (Å²) in [6.45, 7) is 4.50. The number of nitrogens with two attached hydrogens (primary N) is 1. The van der Waals surface area contributed by atoms with Crippen molar-refractivity contribution in [1.29, 1.82) is 0 Å². The molecule has 0 spiro atoms. The molecule has 0 aliphatic carbocycles. The normalized spacial score (nSPS) is 13.0. The van der Waals surface area contributed by atoms with Crippen molar-refractivity contribution in [3.8, 4) is 5.75 Å². The third-order valence-corrected chi connectivity index (χ3v) is 3.46. The zero-order valence-electron chi connectivity index (χ0n) is 12.5. The molecule has 1 aromatic rings. The highest BCUT2D eigenvalue weighted by Gasteiger charge is 2.18. The van der Waals surface area contributed by atoms with Gasteiger partial charge in [0.25, 0.3) is 0 Å². The molecule has 0 unspecified atom stereocenters. The summed E-state index contributed by atoms with van der Waals surface area (Å²) >= 11 is 0. The van der Waals surface area contributed by atoms with Gasteiger partial charge in [-0.3, -0.25) is 4.90 Å². The number of nitrogens with zero attached hydrogens (tertiary/aromatic N) is 2. The zero-order valence-corrected chi connectivity index (χ0v) is 14.1. The molecule has 1 aromatic carbocycles. The molecule has 128 valence electrons. The Hall–Kier alpha value is -0.920. The number of ether oxygens (including phenoxy) is 1. The molecule has 6 nitrogen and oxygen atoms in total. The fourth-order valence-corrected chi connectivity index (χ4v) is 2.41. The highest BCUT2D eigenvalue weighted by atomic mass is 35.5. The van der Waals surface area contributed by atoms with Gasteiger partial charge < -0.3 is 25.6 Å². The van der Waals surface area contributed by atoms with E-state index in [1.165, 1.54) is 0 Å². The van der Waals surface area contributed by atoms with Crippen molar-refractivity contribution < 1.29 is 14.9 Å². The number of aliphatic hydroxyl groups is 2. The highest BCUT2D eigenvalue weighted by Crippen LogP contribution is 2.32. The first kappa shape index (κ1) is 21.1. The molecule has 0 saturated carbocycles. The Kier molecular flexibility index (Phi) is 10.3.